The number of fused-ring (bicyclic) bond motifs is 2. The number of benzene rings is 2. The predicted octanol–water partition coefficient (Wildman–Crippen LogP) is 5.13. The first-order valence-corrected chi connectivity index (χ1v) is 7.56. The Bertz CT molecular complexity index is 646. The highest BCUT2D eigenvalue weighted by molar-refractivity contribution is 9.10. The Balaban J connectivity index is 2.27. The highest BCUT2D eigenvalue weighted by Gasteiger charge is 2.24. The monoisotopic (exact) mass is 315 g/mol. The minimum atomic E-state index is 1.01. The van der Waals surface area contributed by atoms with Crippen LogP contribution >= 0.6 is 15.9 Å². The smallest absolute Gasteiger partial charge is 0.0479 e. The van der Waals surface area contributed by atoms with E-state index in [1.165, 1.54) is 38.1 Å². The Morgan fingerprint density at radius 1 is 1.11 bits per heavy atom. The van der Waals surface area contributed by atoms with Crippen LogP contribution in [-0.2, 0) is 6.42 Å². The zero-order valence-corrected chi connectivity index (χ0v) is 13.2. The van der Waals surface area contributed by atoms with Crippen molar-refractivity contribution in [3.8, 4) is 0 Å². The van der Waals surface area contributed by atoms with Crippen molar-refractivity contribution in [3.63, 3.8) is 0 Å². The molecule has 3 rings (SSSR count). The van der Waals surface area contributed by atoms with E-state index in [2.05, 4.69) is 71.9 Å². The number of halogens is 1. The molecule has 0 aliphatic carbocycles. The molecule has 0 N–H and O–H groups in total. The van der Waals surface area contributed by atoms with Gasteiger partial charge in [0.15, 0.2) is 0 Å². The van der Waals surface area contributed by atoms with Gasteiger partial charge in [0, 0.05) is 28.8 Å². The maximum absolute atomic E-state index is 3.69. The summed E-state index contributed by atoms with van der Waals surface area (Å²) in [6, 6.07) is 11.0. The Morgan fingerprint density at radius 3 is 2.58 bits per heavy atom. The van der Waals surface area contributed by atoms with Gasteiger partial charge < -0.3 is 4.90 Å². The van der Waals surface area contributed by atoms with Crippen molar-refractivity contribution in [3.05, 3.63) is 57.1 Å². The number of nitrogens with zero attached hydrogens (tertiary/aromatic N) is 1. The third kappa shape index (κ3) is 1.90. The maximum atomic E-state index is 3.69. The van der Waals surface area contributed by atoms with Crippen molar-refractivity contribution >= 4 is 27.3 Å². The fourth-order valence-corrected chi connectivity index (χ4v) is 3.59. The van der Waals surface area contributed by atoms with Crippen LogP contribution in [0.4, 0.5) is 11.4 Å². The normalized spacial score (nSPS) is 13.2. The van der Waals surface area contributed by atoms with Crippen molar-refractivity contribution in [2.75, 3.05) is 11.4 Å². The molecule has 1 aliphatic rings. The first-order valence-electron chi connectivity index (χ1n) is 6.77. The van der Waals surface area contributed by atoms with Crippen LogP contribution in [0.1, 0.15) is 29.2 Å². The number of para-hydroxylation sites is 1. The Labute approximate surface area is 123 Å². The van der Waals surface area contributed by atoms with Crippen LogP contribution < -0.4 is 4.90 Å². The molecule has 19 heavy (non-hydrogen) atoms. The van der Waals surface area contributed by atoms with Gasteiger partial charge in [0.1, 0.15) is 0 Å². The molecule has 0 saturated heterocycles. The number of hydrogen-bond acceptors (Lipinski definition) is 1. The van der Waals surface area contributed by atoms with Gasteiger partial charge >= 0.3 is 0 Å². The highest BCUT2D eigenvalue weighted by atomic mass is 79.9. The van der Waals surface area contributed by atoms with Crippen LogP contribution in [0.25, 0.3) is 0 Å². The molecule has 0 amide bonds. The number of rotatable bonds is 1. The summed E-state index contributed by atoms with van der Waals surface area (Å²) in [5.74, 6) is 0. The second kappa shape index (κ2) is 4.68. The predicted molar refractivity (Wildman–Crippen MR) is 85.5 cm³/mol. The maximum Gasteiger partial charge on any atom is 0.0479 e. The van der Waals surface area contributed by atoms with E-state index >= 15 is 0 Å². The van der Waals surface area contributed by atoms with Gasteiger partial charge in [0.2, 0.25) is 0 Å². The molecule has 1 heterocycles. The van der Waals surface area contributed by atoms with E-state index < -0.39 is 0 Å². The number of anilines is 2. The van der Waals surface area contributed by atoms with Crippen molar-refractivity contribution < 1.29 is 0 Å². The van der Waals surface area contributed by atoms with Gasteiger partial charge in [0.05, 0.1) is 0 Å². The summed E-state index contributed by atoms with van der Waals surface area (Å²) in [7, 11) is 0. The average Bonchev–Trinajstić information content (AvgIpc) is 2.42. The standard InChI is InChI=1S/C17H18BrN/c1-4-19-16-8-6-5-7-13(16)9-14-10-15(18)11(2)12(3)17(14)19/h5-8,10H,4,9H2,1-3H3. The lowest BCUT2D eigenvalue weighted by molar-refractivity contribution is 0.948. The molecule has 98 valence electrons. The van der Waals surface area contributed by atoms with Crippen molar-refractivity contribution in [1.29, 1.82) is 0 Å². The highest BCUT2D eigenvalue weighted by Crippen LogP contribution is 2.42. The molecule has 1 aliphatic heterocycles. The minimum absolute atomic E-state index is 1.01. The lowest BCUT2D eigenvalue weighted by atomic mass is 9.91. The van der Waals surface area contributed by atoms with Gasteiger partial charge in [-0.25, -0.2) is 0 Å². The van der Waals surface area contributed by atoms with Gasteiger partial charge in [-0.15, -0.1) is 0 Å². The first-order chi connectivity index (χ1) is 9.13. The van der Waals surface area contributed by atoms with E-state index in [4.69, 9.17) is 0 Å². The summed E-state index contributed by atoms with van der Waals surface area (Å²) in [4.78, 5) is 2.45. The number of hydrogen-bond donors (Lipinski definition) is 0. The van der Waals surface area contributed by atoms with Crippen LogP contribution in [0.2, 0.25) is 0 Å². The lowest BCUT2D eigenvalue weighted by Gasteiger charge is -2.34. The molecule has 0 spiro atoms. The van der Waals surface area contributed by atoms with Crippen molar-refractivity contribution in [1.82, 2.24) is 0 Å². The molecule has 0 saturated carbocycles. The van der Waals surface area contributed by atoms with Crippen LogP contribution in [0.5, 0.6) is 0 Å². The van der Waals surface area contributed by atoms with E-state index in [-0.39, 0.29) is 0 Å². The summed E-state index contributed by atoms with van der Waals surface area (Å²) < 4.78 is 1.22. The summed E-state index contributed by atoms with van der Waals surface area (Å²) in [6.07, 6.45) is 1.03. The zero-order chi connectivity index (χ0) is 13.6. The Hall–Kier alpha value is -1.28. The van der Waals surface area contributed by atoms with E-state index in [0.717, 1.165) is 13.0 Å². The molecular formula is C17H18BrN. The molecule has 0 unspecified atom stereocenters. The topological polar surface area (TPSA) is 3.24 Å². The fourth-order valence-electron chi connectivity index (χ4n) is 3.02. The third-order valence-corrected chi connectivity index (χ3v) is 4.95. The van der Waals surface area contributed by atoms with Crippen molar-refractivity contribution in [2.24, 2.45) is 0 Å². The van der Waals surface area contributed by atoms with Gasteiger partial charge in [-0.2, -0.15) is 0 Å². The molecule has 2 heteroatoms. The average molecular weight is 316 g/mol. The zero-order valence-electron chi connectivity index (χ0n) is 11.6. The molecular weight excluding hydrogens is 298 g/mol. The van der Waals surface area contributed by atoms with E-state index in [0.29, 0.717) is 0 Å². The van der Waals surface area contributed by atoms with E-state index in [9.17, 15) is 0 Å². The summed E-state index contributed by atoms with van der Waals surface area (Å²) >= 11 is 3.69. The molecule has 2 aromatic carbocycles. The summed E-state index contributed by atoms with van der Waals surface area (Å²) in [6.45, 7) is 7.65. The molecule has 1 nitrogen and oxygen atoms in total. The van der Waals surface area contributed by atoms with E-state index in [1.54, 1.807) is 0 Å². The molecule has 0 atom stereocenters. The Kier molecular flexibility index (Phi) is 3.14. The first kappa shape index (κ1) is 12.7. The van der Waals surface area contributed by atoms with Gasteiger partial charge in [0.25, 0.3) is 0 Å². The Morgan fingerprint density at radius 2 is 1.84 bits per heavy atom. The largest absolute Gasteiger partial charge is 0.341 e. The van der Waals surface area contributed by atoms with Crippen LogP contribution in [0.15, 0.2) is 34.8 Å². The molecule has 2 aromatic rings. The molecule has 0 radical (unpaired) electrons. The minimum Gasteiger partial charge on any atom is -0.341 e. The quantitative estimate of drug-likeness (QED) is 0.705. The van der Waals surface area contributed by atoms with Crippen molar-refractivity contribution in [2.45, 2.75) is 27.2 Å². The summed E-state index contributed by atoms with van der Waals surface area (Å²) in [5.41, 5.74) is 8.35. The molecule has 0 aromatic heterocycles. The van der Waals surface area contributed by atoms with Gasteiger partial charge in [-0.1, -0.05) is 34.1 Å². The van der Waals surface area contributed by atoms with Crippen LogP contribution in [0, 0.1) is 13.8 Å². The summed E-state index contributed by atoms with van der Waals surface area (Å²) in [5, 5.41) is 0. The third-order valence-electron chi connectivity index (χ3n) is 4.13. The lowest BCUT2D eigenvalue weighted by Crippen LogP contribution is -2.24. The van der Waals surface area contributed by atoms with E-state index in [1.807, 2.05) is 0 Å². The van der Waals surface area contributed by atoms with Crippen LogP contribution in [0.3, 0.4) is 0 Å². The SMILES string of the molecule is CCN1c2ccccc2Cc2cc(Br)c(C)c(C)c21. The molecule has 0 fully saturated rings. The second-order valence-electron chi connectivity index (χ2n) is 5.17. The fraction of sp³-hybridized carbons (Fsp3) is 0.294. The molecule has 0 bridgehead atoms. The van der Waals surface area contributed by atoms with Crippen LogP contribution in [-0.4, -0.2) is 6.54 Å². The van der Waals surface area contributed by atoms with Gasteiger partial charge in [-0.3, -0.25) is 0 Å². The second-order valence-corrected chi connectivity index (χ2v) is 6.02. The van der Waals surface area contributed by atoms with Gasteiger partial charge in [-0.05, 0) is 55.2 Å².